The van der Waals surface area contributed by atoms with Gasteiger partial charge in [-0.2, -0.15) is 0 Å². The molecule has 0 spiro atoms. The highest BCUT2D eigenvalue weighted by Crippen LogP contribution is 2.32. The van der Waals surface area contributed by atoms with Gasteiger partial charge >= 0.3 is 0 Å². The van der Waals surface area contributed by atoms with Crippen molar-refractivity contribution in [2.45, 2.75) is 0 Å². The number of halogens is 2. The zero-order chi connectivity index (χ0) is 10.6. The third-order valence-electron chi connectivity index (χ3n) is 1.47. The van der Waals surface area contributed by atoms with Gasteiger partial charge in [0.2, 0.25) is 0 Å². The molecule has 1 N–H and O–H groups in total. The highest BCUT2D eigenvalue weighted by molar-refractivity contribution is 6.37. The van der Waals surface area contributed by atoms with Crippen LogP contribution in [0.2, 0.25) is 10.0 Å². The van der Waals surface area contributed by atoms with Gasteiger partial charge in [0, 0.05) is 0 Å². The Labute approximate surface area is 91.2 Å². The van der Waals surface area contributed by atoms with Crippen LogP contribution in [0.15, 0.2) is 18.2 Å². The number of para-hydroxylation sites is 1. The smallest absolute Gasteiger partial charge is 0.195 e. The molecule has 0 saturated heterocycles. The molecule has 0 amide bonds. The number of carbonyl (C=O) groups excluding carboxylic acids is 1. The fourth-order valence-corrected chi connectivity index (χ4v) is 1.33. The van der Waals surface area contributed by atoms with Crippen molar-refractivity contribution in [3.63, 3.8) is 0 Å². The number of hydrogen-bond acceptors (Lipinski definition) is 3. The SMILES string of the molecule is O=C(CO)COc1c(Cl)cccc1Cl. The van der Waals surface area contributed by atoms with E-state index in [9.17, 15) is 4.79 Å². The molecule has 0 heterocycles. The van der Waals surface area contributed by atoms with E-state index in [4.69, 9.17) is 33.0 Å². The van der Waals surface area contributed by atoms with E-state index in [1.54, 1.807) is 18.2 Å². The fourth-order valence-electron chi connectivity index (χ4n) is 0.819. The third-order valence-corrected chi connectivity index (χ3v) is 2.07. The largest absolute Gasteiger partial charge is 0.483 e. The quantitative estimate of drug-likeness (QED) is 0.867. The van der Waals surface area contributed by atoms with Crippen LogP contribution in [0.25, 0.3) is 0 Å². The lowest BCUT2D eigenvalue weighted by molar-refractivity contribution is -0.123. The van der Waals surface area contributed by atoms with Crippen LogP contribution < -0.4 is 4.74 Å². The first-order valence-electron chi connectivity index (χ1n) is 3.84. The maximum atomic E-state index is 10.7. The zero-order valence-corrected chi connectivity index (χ0v) is 8.68. The van der Waals surface area contributed by atoms with Gasteiger partial charge in [-0.25, -0.2) is 0 Å². The Morgan fingerprint density at radius 2 is 1.93 bits per heavy atom. The molecule has 0 unspecified atom stereocenters. The molecule has 0 atom stereocenters. The number of rotatable bonds is 4. The molecule has 5 heteroatoms. The van der Waals surface area contributed by atoms with Crippen LogP contribution in [0.1, 0.15) is 0 Å². The first-order chi connectivity index (χ1) is 6.65. The molecule has 1 aromatic carbocycles. The van der Waals surface area contributed by atoms with Gasteiger partial charge in [-0.05, 0) is 12.1 Å². The summed E-state index contributed by atoms with van der Waals surface area (Å²) < 4.78 is 5.05. The van der Waals surface area contributed by atoms with Gasteiger partial charge in [-0.3, -0.25) is 4.79 Å². The van der Waals surface area contributed by atoms with Crippen LogP contribution in [-0.2, 0) is 4.79 Å². The van der Waals surface area contributed by atoms with Gasteiger partial charge in [-0.15, -0.1) is 0 Å². The van der Waals surface area contributed by atoms with Gasteiger partial charge in [0.05, 0.1) is 10.0 Å². The molecule has 0 radical (unpaired) electrons. The number of carbonyl (C=O) groups is 1. The maximum Gasteiger partial charge on any atom is 0.195 e. The van der Waals surface area contributed by atoms with E-state index < -0.39 is 12.4 Å². The minimum absolute atomic E-state index is 0.236. The molecule has 0 saturated carbocycles. The van der Waals surface area contributed by atoms with E-state index in [1.165, 1.54) is 0 Å². The molecular weight excluding hydrogens is 227 g/mol. The molecule has 14 heavy (non-hydrogen) atoms. The van der Waals surface area contributed by atoms with E-state index in [2.05, 4.69) is 0 Å². The summed E-state index contributed by atoms with van der Waals surface area (Å²) in [5.74, 6) is -0.168. The number of ketones is 1. The summed E-state index contributed by atoms with van der Waals surface area (Å²) in [5, 5.41) is 9.13. The van der Waals surface area contributed by atoms with Crippen molar-refractivity contribution < 1.29 is 14.6 Å². The lowest BCUT2D eigenvalue weighted by Gasteiger charge is -2.07. The van der Waals surface area contributed by atoms with Crippen LogP contribution in [0.5, 0.6) is 5.75 Å². The highest BCUT2D eigenvalue weighted by atomic mass is 35.5. The van der Waals surface area contributed by atoms with Crippen LogP contribution in [0, 0.1) is 0 Å². The number of hydrogen-bond donors (Lipinski definition) is 1. The molecule has 0 aliphatic rings. The van der Waals surface area contributed by atoms with Gasteiger partial charge in [0.25, 0.3) is 0 Å². The van der Waals surface area contributed by atoms with E-state index in [0.29, 0.717) is 10.0 Å². The highest BCUT2D eigenvalue weighted by Gasteiger charge is 2.08. The Kier molecular flexibility index (Phi) is 4.20. The Bertz CT molecular complexity index is 319. The summed E-state index contributed by atoms with van der Waals surface area (Å²) in [5.41, 5.74) is 0. The molecule has 0 aliphatic carbocycles. The number of aliphatic hydroxyl groups excluding tert-OH is 1. The maximum absolute atomic E-state index is 10.7. The molecular formula is C9H8Cl2O3. The molecule has 0 aliphatic heterocycles. The Hall–Kier alpha value is -0.770. The molecule has 76 valence electrons. The Morgan fingerprint density at radius 3 is 2.43 bits per heavy atom. The molecule has 3 nitrogen and oxygen atoms in total. The Balaban J connectivity index is 2.71. The van der Waals surface area contributed by atoms with Crippen molar-refractivity contribution >= 4 is 29.0 Å². The summed E-state index contributed by atoms with van der Waals surface area (Å²) in [6.45, 7) is -0.790. The summed E-state index contributed by atoms with van der Waals surface area (Å²) in [6, 6.07) is 4.88. The average Bonchev–Trinajstić information content (AvgIpc) is 2.16. The van der Waals surface area contributed by atoms with Crippen LogP contribution >= 0.6 is 23.2 Å². The molecule has 1 rings (SSSR count). The Morgan fingerprint density at radius 1 is 1.36 bits per heavy atom. The fraction of sp³-hybridized carbons (Fsp3) is 0.222. The van der Waals surface area contributed by atoms with Crippen LogP contribution in [0.3, 0.4) is 0 Å². The topological polar surface area (TPSA) is 46.5 Å². The van der Waals surface area contributed by atoms with Crippen molar-refractivity contribution in [2.24, 2.45) is 0 Å². The number of benzene rings is 1. The summed E-state index contributed by atoms with van der Waals surface area (Å²) >= 11 is 11.5. The van der Waals surface area contributed by atoms with Crippen molar-refractivity contribution in [2.75, 3.05) is 13.2 Å². The van der Waals surface area contributed by atoms with E-state index in [-0.39, 0.29) is 12.4 Å². The van der Waals surface area contributed by atoms with Crippen molar-refractivity contribution in [3.8, 4) is 5.75 Å². The molecule has 0 aromatic heterocycles. The molecule has 0 fully saturated rings. The minimum Gasteiger partial charge on any atom is -0.483 e. The van der Waals surface area contributed by atoms with Crippen molar-refractivity contribution in [3.05, 3.63) is 28.2 Å². The standard InChI is InChI=1S/C9H8Cl2O3/c10-7-2-1-3-8(11)9(7)14-5-6(13)4-12/h1-3,12H,4-5H2. The second-order valence-electron chi connectivity index (χ2n) is 2.54. The normalized spacial score (nSPS) is 9.93. The number of Topliss-reactive ketones (excluding diaryl/α,β-unsaturated/α-hetero) is 1. The van der Waals surface area contributed by atoms with E-state index >= 15 is 0 Å². The van der Waals surface area contributed by atoms with Gasteiger partial charge in [-0.1, -0.05) is 29.3 Å². The summed E-state index contributed by atoms with van der Waals surface area (Å²) in [4.78, 5) is 10.7. The van der Waals surface area contributed by atoms with Crippen molar-refractivity contribution in [1.29, 1.82) is 0 Å². The number of aliphatic hydroxyl groups is 1. The zero-order valence-electron chi connectivity index (χ0n) is 7.17. The van der Waals surface area contributed by atoms with Gasteiger partial charge in [0.15, 0.2) is 11.5 Å². The first kappa shape index (κ1) is 11.3. The lowest BCUT2D eigenvalue weighted by atomic mass is 10.3. The van der Waals surface area contributed by atoms with Crippen LogP contribution in [-0.4, -0.2) is 24.1 Å². The van der Waals surface area contributed by atoms with Crippen molar-refractivity contribution in [1.82, 2.24) is 0 Å². The summed E-state index contributed by atoms with van der Waals surface area (Å²) in [7, 11) is 0. The van der Waals surface area contributed by atoms with E-state index in [0.717, 1.165) is 0 Å². The molecule has 0 bridgehead atoms. The monoisotopic (exact) mass is 234 g/mol. The van der Waals surface area contributed by atoms with Gasteiger partial charge in [0.1, 0.15) is 13.2 Å². The second kappa shape index (κ2) is 5.20. The average molecular weight is 235 g/mol. The number of ether oxygens (including phenoxy) is 1. The van der Waals surface area contributed by atoms with Gasteiger partial charge < -0.3 is 9.84 Å². The molecule has 1 aromatic rings. The first-order valence-corrected chi connectivity index (χ1v) is 4.60. The van der Waals surface area contributed by atoms with E-state index in [1.807, 2.05) is 0 Å². The minimum atomic E-state index is -0.554. The second-order valence-corrected chi connectivity index (χ2v) is 3.35. The summed E-state index contributed by atoms with van der Waals surface area (Å²) in [6.07, 6.45) is 0. The predicted octanol–water partition coefficient (Wildman–Crippen LogP) is 1.93. The lowest BCUT2D eigenvalue weighted by Crippen LogP contribution is -2.14. The third kappa shape index (κ3) is 2.87. The van der Waals surface area contributed by atoms with Crippen LogP contribution in [0.4, 0.5) is 0 Å². The predicted molar refractivity (Wildman–Crippen MR) is 54.0 cm³/mol.